The molecule has 1 atom stereocenters. The minimum atomic E-state index is -0.162. The Morgan fingerprint density at radius 1 is 1.19 bits per heavy atom. The van der Waals surface area contributed by atoms with Gasteiger partial charge in [0.05, 0.1) is 11.1 Å². The number of para-hydroxylation sites is 1. The van der Waals surface area contributed by atoms with E-state index in [9.17, 15) is 9.59 Å². The van der Waals surface area contributed by atoms with E-state index in [2.05, 4.69) is 23.0 Å². The Morgan fingerprint density at radius 2 is 1.94 bits per heavy atom. The van der Waals surface area contributed by atoms with Crippen LogP contribution in [0.25, 0.3) is 21.3 Å². The molecule has 4 aromatic rings. The second kappa shape index (κ2) is 8.56. The van der Waals surface area contributed by atoms with E-state index >= 15 is 0 Å². The molecule has 0 radical (unpaired) electrons. The molecule has 162 valence electrons. The van der Waals surface area contributed by atoms with Crippen molar-refractivity contribution in [2.45, 2.75) is 37.9 Å². The summed E-state index contributed by atoms with van der Waals surface area (Å²) in [6, 6.07) is 18.2. The van der Waals surface area contributed by atoms with Gasteiger partial charge in [0, 0.05) is 22.2 Å². The van der Waals surface area contributed by atoms with Crippen molar-refractivity contribution in [2.75, 3.05) is 10.7 Å². The Labute approximate surface area is 194 Å². The number of fused-ring (bicyclic) bond motifs is 2. The zero-order valence-corrected chi connectivity index (χ0v) is 19.6. The highest BCUT2D eigenvalue weighted by Crippen LogP contribution is 2.36. The molecule has 2 aromatic heterocycles. The number of carbonyl (C=O) groups is 1. The Kier molecular flexibility index (Phi) is 5.61. The Morgan fingerprint density at radius 3 is 2.75 bits per heavy atom. The number of H-pyrrole nitrogens is 1. The fourth-order valence-corrected chi connectivity index (χ4v) is 6.21. The molecule has 7 heteroatoms. The van der Waals surface area contributed by atoms with Gasteiger partial charge in [-0.3, -0.25) is 9.59 Å². The van der Waals surface area contributed by atoms with Crippen LogP contribution in [0.5, 0.6) is 0 Å². The van der Waals surface area contributed by atoms with Gasteiger partial charge >= 0.3 is 0 Å². The van der Waals surface area contributed by atoms with Crippen LogP contribution >= 0.6 is 23.1 Å². The molecule has 3 heterocycles. The number of aryl methyl sites for hydroxylation is 2. The molecule has 0 spiro atoms. The van der Waals surface area contributed by atoms with Crippen molar-refractivity contribution < 1.29 is 4.79 Å². The van der Waals surface area contributed by atoms with Crippen molar-refractivity contribution in [1.82, 2.24) is 9.97 Å². The summed E-state index contributed by atoms with van der Waals surface area (Å²) in [5.74, 6) is 0.257. The van der Waals surface area contributed by atoms with Crippen LogP contribution in [0.4, 0.5) is 5.69 Å². The number of hydrogen-bond acceptors (Lipinski definition) is 5. The first kappa shape index (κ1) is 21.0. The lowest BCUT2D eigenvalue weighted by molar-refractivity contribution is -0.116. The van der Waals surface area contributed by atoms with Crippen LogP contribution in [0.1, 0.15) is 23.8 Å². The van der Waals surface area contributed by atoms with Gasteiger partial charge in [0.2, 0.25) is 5.91 Å². The van der Waals surface area contributed by atoms with E-state index in [-0.39, 0.29) is 23.3 Å². The summed E-state index contributed by atoms with van der Waals surface area (Å²) in [6.07, 6.45) is 1.94. The Hall–Kier alpha value is -2.90. The number of carbonyl (C=O) groups excluding carboxylic acids is 1. The maximum atomic E-state index is 13.1. The Balaban J connectivity index is 1.41. The van der Waals surface area contributed by atoms with Crippen molar-refractivity contribution in [2.24, 2.45) is 0 Å². The van der Waals surface area contributed by atoms with Gasteiger partial charge in [-0.2, -0.15) is 0 Å². The highest BCUT2D eigenvalue weighted by molar-refractivity contribution is 7.99. The predicted molar refractivity (Wildman–Crippen MR) is 133 cm³/mol. The molecule has 0 saturated heterocycles. The molecule has 1 N–H and O–H groups in total. The van der Waals surface area contributed by atoms with Crippen LogP contribution in [0, 0.1) is 6.92 Å². The maximum absolute atomic E-state index is 13.1. The van der Waals surface area contributed by atoms with Crippen LogP contribution in [-0.2, 0) is 11.2 Å². The van der Waals surface area contributed by atoms with Crippen LogP contribution < -0.4 is 10.5 Å². The standard InChI is InChI=1S/C25H23N3O2S2/c1-15-12-13-17-8-6-7-11-19(17)28(15)20(29)14-31-25-26-23(30)22-21(16(2)32-24(22)27-25)18-9-4-3-5-10-18/h3-11,15H,12-14H2,1-2H3,(H,26,27,30)/t15-/m1/s1. The lowest BCUT2D eigenvalue weighted by Crippen LogP contribution is -2.43. The van der Waals surface area contributed by atoms with Gasteiger partial charge in [-0.15, -0.1) is 11.3 Å². The first-order valence-electron chi connectivity index (χ1n) is 10.6. The number of nitrogens with one attached hydrogen (secondary N) is 1. The molecule has 1 aliphatic rings. The molecule has 2 aromatic carbocycles. The van der Waals surface area contributed by atoms with Gasteiger partial charge < -0.3 is 9.88 Å². The maximum Gasteiger partial charge on any atom is 0.260 e. The smallest absolute Gasteiger partial charge is 0.260 e. The van der Waals surface area contributed by atoms with Crippen LogP contribution in [0.3, 0.4) is 0 Å². The van der Waals surface area contributed by atoms with E-state index in [1.807, 2.05) is 60.4 Å². The molecular weight excluding hydrogens is 438 g/mol. The molecule has 0 bridgehead atoms. The number of nitrogens with zero attached hydrogens (tertiary/aromatic N) is 2. The number of thiophene rings is 1. The van der Waals surface area contributed by atoms with Gasteiger partial charge in [-0.05, 0) is 43.9 Å². The first-order valence-corrected chi connectivity index (χ1v) is 12.4. The number of rotatable bonds is 4. The van der Waals surface area contributed by atoms with Gasteiger partial charge in [0.15, 0.2) is 5.16 Å². The van der Waals surface area contributed by atoms with Crippen LogP contribution in [0.2, 0.25) is 0 Å². The SMILES string of the molecule is Cc1sc2nc(SCC(=O)N3c4ccccc4CC[C@H]3C)[nH]c(=O)c2c1-c1ccccc1. The fourth-order valence-electron chi connectivity index (χ4n) is 4.39. The Bertz CT molecular complexity index is 1360. The van der Waals surface area contributed by atoms with Crippen LogP contribution in [-0.4, -0.2) is 27.7 Å². The van der Waals surface area contributed by atoms with E-state index in [0.717, 1.165) is 34.5 Å². The average Bonchev–Trinajstić information content (AvgIpc) is 3.14. The second-order valence-electron chi connectivity index (χ2n) is 8.02. The van der Waals surface area contributed by atoms with Gasteiger partial charge in [0.1, 0.15) is 4.83 Å². The number of aromatic amines is 1. The van der Waals surface area contributed by atoms with E-state index < -0.39 is 0 Å². The summed E-state index contributed by atoms with van der Waals surface area (Å²) >= 11 is 2.80. The summed E-state index contributed by atoms with van der Waals surface area (Å²) in [7, 11) is 0. The molecule has 32 heavy (non-hydrogen) atoms. The highest BCUT2D eigenvalue weighted by atomic mass is 32.2. The van der Waals surface area contributed by atoms with E-state index in [1.54, 1.807) is 0 Å². The summed E-state index contributed by atoms with van der Waals surface area (Å²) < 4.78 is 0. The summed E-state index contributed by atoms with van der Waals surface area (Å²) in [4.78, 5) is 37.3. The summed E-state index contributed by atoms with van der Waals surface area (Å²) in [5.41, 5.74) is 3.99. The average molecular weight is 462 g/mol. The minimum absolute atomic E-state index is 0.0322. The quantitative estimate of drug-likeness (QED) is 0.326. The van der Waals surface area contributed by atoms with E-state index in [0.29, 0.717) is 15.4 Å². The lowest BCUT2D eigenvalue weighted by Gasteiger charge is -2.35. The van der Waals surface area contributed by atoms with E-state index in [1.165, 1.54) is 28.7 Å². The molecule has 0 aliphatic carbocycles. The summed E-state index contributed by atoms with van der Waals surface area (Å²) in [6.45, 7) is 4.10. The van der Waals surface area contributed by atoms with Crippen molar-refractivity contribution in [3.05, 3.63) is 75.4 Å². The zero-order valence-electron chi connectivity index (χ0n) is 17.9. The molecule has 5 nitrogen and oxygen atoms in total. The summed E-state index contributed by atoms with van der Waals surface area (Å²) in [5, 5.41) is 1.10. The number of hydrogen-bond donors (Lipinski definition) is 1. The van der Waals surface area contributed by atoms with E-state index in [4.69, 9.17) is 0 Å². The first-order chi connectivity index (χ1) is 15.5. The van der Waals surface area contributed by atoms with Gasteiger partial charge in [-0.25, -0.2) is 4.98 Å². The number of amides is 1. The molecule has 5 rings (SSSR count). The molecule has 1 amide bonds. The van der Waals surface area contributed by atoms with Crippen LogP contribution in [0.15, 0.2) is 64.5 Å². The van der Waals surface area contributed by atoms with Crippen molar-refractivity contribution in [1.29, 1.82) is 0 Å². The number of aromatic nitrogens is 2. The number of thioether (sulfide) groups is 1. The van der Waals surface area contributed by atoms with Crippen molar-refractivity contribution in [3.63, 3.8) is 0 Å². The van der Waals surface area contributed by atoms with Crippen molar-refractivity contribution >= 4 is 44.9 Å². The molecule has 0 unspecified atom stereocenters. The third kappa shape index (κ3) is 3.76. The normalized spacial score (nSPS) is 15.7. The topological polar surface area (TPSA) is 66.1 Å². The lowest BCUT2D eigenvalue weighted by atomic mass is 9.97. The zero-order chi connectivity index (χ0) is 22.2. The number of anilines is 1. The monoisotopic (exact) mass is 461 g/mol. The fraction of sp³-hybridized carbons (Fsp3) is 0.240. The third-order valence-electron chi connectivity index (χ3n) is 5.90. The van der Waals surface area contributed by atoms with Gasteiger partial charge in [-0.1, -0.05) is 60.3 Å². The molecular formula is C25H23N3O2S2. The number of benzene rings is 2. The predicted octanol–water partition coefficient (Wildman–Crippen LogP) is 5.42. The molecule has 0 saturated carbocycles. The largest absolute Gasteiger partial charge is 0.309 e. The van der Waals surface area contributed by atoms with Gasteiger partial charge in [0.25, 0.3) is 5.56 Å². The third-order valence-corrected chi connectivity index (χ3v) is 7.76. The second-order valence-corrected chi connectivity index (χ2v) is 10.2. The molecule has 0 fully saturated rings. The minimum Gasteiger partial charge on any atom is -0.309 e. The van der Waals surface area contributed by atoms with Crippen molar-refractivity contribution in [3.8, 4) is 11.1 Å². The molecule has 1 aliphatic heterocycles. The highest BCUT2D eigenvalue weighted by Gasteiger charge is 2.28.